The van der Waals surface area contributed by atoms with Crippen molar-refractivity contribution in [3.05, 3.63) is 0 Å². The second-order valence-electron chi connectivity index (χ2n) is 28.6. The fourth-order valence-electron chi connectivity index (χ4n) is 12.1. The molecular formula is C78H152O17P2. The molecule has 2 unspecified atom stereocenters. The van der Waals surface area contributed by atoms with Gasteiger partial charge in [-0.05, 0) is 31.6 Å². The Morgan fingerprint density at radius 1 is 0.278 bits per heavy atom. The van der Waals surface area contributed by atoms with Gasteiger partial charge in [-0.1, -0.05) is 362 Å². The molecule has 0 aromatic heterocycles. The summed E-state index contributed by atoms with van der Waals surface area (Å²) >= 11 is 0. The third kappa shape index (κ3) is 72.2. The Balaban J connectivity index is 5.27. The van der Waals surface area contributed by atoms with Crippen LogP contribution in [0.3, 0.4) is 0 Å². The number of carbonyl (C=O) groups excluding carboxylic acids is 4. The highest BCUT2D eigenvalue weighted by Crippen LogP contribution is 2.45. The standard InChI is InChI=1S/C78H152O17P2/c1-6-9-12-15-18-21-24-27-30-31-34-37-44-49-54-59-64-78(83)94-73(67-88-75(80)61-56-51-46-41-35-32-28-25-22-19-16-13-10-7-2)69-92-96(84,85)90-65-72(79)66-91-97(86,87)93-70-74(68-89-76(81)62-57-52-47-42-39-38-40-45-50-55-60-71(4)5)95-77(82)63-58-53-48-43-36-33-29-26-23-20-17-14-11-8-3/h71-74,79H,6-70H2,1-5H3,(H,84,85)(H,86,87)/t72-,73-,74-/m1/s1. The zero-order valence-electron chi connectivity index (χ0n) is 63.2. The summed E-state index contributed by atoms with van der Waals surface area (Å²) in [7, 11) is -9.91. The summed E-state index contributed by atoms with van der Waals surface area (Å²) < 4.78 is 68.7. The minimum absolute atomic E-state index is 0.108. The van der Waals surface area contributed by atoms with Gasteiger partial charge in [-0.15, -0.1) is 0 Å². The van der Waals surface area contributed by atoms with Crippen molar-refractivity contribution in [3.63, 3.8) is 0 Å². The van der Waals surface area contributed by atoms with Crippen LogP contribution in [0.2, 0.25) is 0 Å². The average molecular weight is 1420 g/mol. The minimum atomic E-state index is -4.96. The van der Waals surface area contributed by atoms with E-state index < -0.39 is 97.5 Å². The third-order valence-electron chi connectivity index (χ3n) is 18.3. The highest BCUT2D eigenvalue weighted by Gasteiger charge is 2.30. The lowest BCUT2D eigenvalue weighted by Gasteiger charge is -2.21. The molecule has 0 spiro atoms. The quantitative estimate of drug-likeness (QED) is 0.0222. The van der Waals surface area contributed by atoms with Crippen molar-refractivity contribution >= 4 is 39.5 Å². The van der Waals surface area contributed by atoms with Gasteiger partial charge in [0.2, 0.25) is 0 Å². The highest BCUT2D eigenvalue weighted by molar-refractivity contribution is 7.47. The van der Waals surface area contributed by atoms with E-state index >= 15 is 0 Å². The van der Waals surface area contributed by atoms with Crippen LogP contribution in [0.4, 0.5) is 0 Å². The number of aliphatic hydroxyl groups excluding tert-OH is 1. The SMILES string of the molecule is CCCCCCCCCCCCCCCCCCC(=O)O[C@H](COC(=O)CCCCCCCCCCCCCCCC)COP(=O)(O)OC[C@@H](O)COP(=O)(O)OC[C@@H](COC(=O)CCCCCCCCCCCCC(C)C)OC(=O)CCCCCCCCCCCCCCCC. The highest BCUT2D eigenvalue weighted by atomic mass is 31.2. The molecule has 0 saturated carbocycles. The van der Waals surface area contributed by atoms with E-state index in [9.17, 15) is 43.2 Å². The monoisotopic (exact) mass is 1420 g/mol. The van der Waals surface area contributed by atoms with Crippen molar-refractivity contribution in [1.82, 2.24) is 0 Å². The molecule has 0 heterocycles. The maximum atomic E-state index is 13.1. The van der Waals surface area contributed by atoms with E-state index in [2.05, 4.69) is 34.6 Å². The van der Waals surface area contributed by atoms with Crippen molar-refractivity contribution in [2.24, 2.45) is 5.92 Å². The van der Waals surface area contributed by atoms with Gasteiger partial charge >= 0.3 is 39.5 Å². The Morgan fingerprint density at radius 2 is 0.474 bits per heavy atom. The molecule has 0 radical (unpaired) electrons. The van der Waals surface area contributed by atoms with Crippen molar-refractivity contribution in [1.29, 1.82) is 0 Å². The Bertz CT molecular complexity index is 1860. The maximum absolute atomic E-state index is 13.1. The number of carbonyl (C=O) groups is 4. The summed E-state index contributed by atoms with van der Waals surface area (Å²) in [5.74, 6) is -1.35. The first-order valence-corrected chi connectivity index (χ1v) is 43.6. The number of aliphatic hydroxyl groups is 1. The van der Waals surface area contributed by atoms with Crippen LogP contribution in [0.1, 0.15) is 413 Å². The van der Waals surface area contributed by atoms with E-state index in [0.717, 1.165) is 95.8 Å². The van der Waals surface area contributed by atoms with E-state index in [-0.39, 0.29) is 25.7 Å². The Hall–Kier alpha value is -1.94. The molecule has 0 amide bonds. The summed E-state index contributed by atoms with van der Waals surface area (Å²) in [6.45, 7) is 7.32. The number of hydrogen-bond donors (Lipinski definition) is 3. The van der Waals surface area contributed by atoms with Crippen LogP contribution in [0.15, 0.2) is 0 Å². The Kier molecular flexibility index (Phi) is 69.6. The summed E-state index contributed by atoms with van der Waals surface area (Å²) in [6, 6.07) is 0. The van der Waals surface area contributed by atoms with Gasteiger partial charge in [-0.3, -0.25) is 37.3 Å². The zero-order valence-corrected chi connectivity index (χ0v) is 65.0. The fourth-order valence-corrected chi connectivity index (χ4v) is 13.6. The van der Waals surface area contributed by atoms with Crippen LogP contribution in [0, 0.1) is 5.92 Å². The lowest BCUT2D eigenvalue weighted by atomic mass is 10.0. The van der Waals surface area contributed by atoms with Crippen LogP contribution in [-0.4, -0.2) is 96.7 Å². The van der Waals surface area contributed by atoms with Crippen molar-refractivity contribution in [2.45, 2.75) is 432 Å². The Morgan fingerprint density at radius 3 is 0.701 bits per heavy atom. The molecule has 0 aliphatic heterocycles. The van der Waals surface area contributed by atoms with Gasteiger partial charge in [0.05, 0.1) is 26.4 Å². The molecule has 5 atom stereocenters. The van der Waals surface area contributed by atoms with Gasteiger partial charge in [0, 0.05) is 25.7 Å². The van der Waals surface area contributed by atoms with Crippen LogP contribution < -0.4 is 0 Å². The molecular weight excluding hydrogens is 1270 g/mol. The summed E-state index contributed by atoms with van der Waals surface area (Å²) in [6.07, 6.45) is 60.8. The van der Waals surface area contributed by atoms with Gasteiger partial charge in [-0.2, -0.15) is 0 Å². The molecule has 17 nitrogen and oxygen atoms in total. The van der Waals surface area contributed by atoms with Gasteiger partial charge < -0.3 is 33.8 Å². The first kappa shape index (κ1) is 95.1. The van der Waals surface area contributed by atoms with Crippen LogP contribution in [-0.2, 0) is 65.4 Å². The minimum Gasteiger partial charge on any atom is -0.462 e. The van der Waals surface area contributed by atoms with E-state index in [1.807, 2.05) is 0 Å². The third-order valence-corrected chi connectivity index (χ3v) is 20.2. The molecule has 0 aliphatic carbocycles. The summed E-state index contributed by atoms with van der Waals surface area (Å²) in [4.78, 5) is 73.0. The lowest BCUT2D eigenvalue weighted by molar-refractivity contribution is -0.161. The molecule has 576 valence electrons. The average Bonchev–Trinajstić information content (AvgIpc) is 1.44. The normalized spacial score (nSPS) is 13.9. The number of unbranched alkanes of at least 4 members (excludes halogenated alkanes) is 50. The molecule has 0 aliphatic rings. The molecule has 97 heavy (non-hydrogen) atoms. The first-order chi connectivity index (χ1) is 47.0. The Labute approximate surface area is 594 Å². The number of rotatable bonds is 78. The second-order valence-corrected chi connectivity index (χ2v) is 31.5. The van der Waals surface area contributed by atoms with Crippen LogP contribution in [0.25, 0.3) is 0 Å². The van der Waals surface area contributed by atoms with E-state index in [4.69, 9.17) is 37.0 Å². The molecule has 0 bridgehead atoms. The number of hydrogen-bond acceptors (Lipinski definition) is 15. The molecule has 0 rings (SSSR count). The van der Waals surface area contributed by atoms with E-state index in [0.29, 0.717) is 25.7 Å². The largest absolute Gasteiger partial charge is 0.472 e. The topological polar surface area (TPSA) is 237 Å². The molecule has 0 aromatic rings. The van der Waals surface area contributed by atoms with Crippen molar-refractivity contribution < 1.29 is 80.2 Å². The summed E-state index contributed by atoms with van der Waals surface area (Å²) in [5.41, 5.74) is 0. The number of phosphoric ester groups is 2. The van der Waals surface area contributed by atoms with E-state index in [1.165, 1.54) is 238 Å². The fraction of sp³-hybridized carbons (Fsp3) is 0.949. The lowest BCUT2D eigenvalue weighted by Crippen LogP contribution is -2.30. The predicted octanol–water partition coefficient (Wildman–Crippen LogP) is 23.3. The first-order valence-electron chi connectivity index (χ1n) is 40.6. The van der Waals surface area contributed by atoms with Gasteiger partial charge in [-0.25, -0.2) is 9.13 Å². The van der Waals surface area contributed by atoms with Crippen LogP contribution >= 0.6 is 15.6 Å². The maximum Gasteiger partial charge on any atom is 0.472 e. The van der Waals surface area contributed by atoms with Crippen LogP contribution in [0.5, 0.6) is 0 Å². The molecule has 3 N–H and O–H groups in total. The molecule has 0 saturated heterocycles. The number of ether oxygens (including phenoxy) is 4. The smallest absolute Gasteiger partial charge is 0.462 e. The van der Waals surface area contributed by atoms with Gasteiger partial charge in [0.15, 0.2) is 12.2 Å². The second kappa shape index (κ2) is 71.1. The number of phosphoric acid groups is 2. The molecule has 19 heteroatoms. The van der Waals surface area contributed by atoms with E-state index in [1.54, 1.807) is 0 Å². The van der Waals surface area contributed by atoms with Crippen molar-refractivity contribution in [3.8, 4) is 0 Å². The molecule has 0 fully saturated rings. The molecule has 0 aromatic carbocycles. The predicted molar refractivity (Wildman–Crippen MR) is 395 cm³/mol. The van der Waals surface area contributed by atoms with Crippen molar-refractivity contribution in [2.75, 3.05) is 39.6 Å². The van der Waals surface area contributed by atoms with Gasteiger partial charge in [0.1, 0.15) is 19.3 Å². The van der Waals surface area contributed by atoms with Gasteiger partial charge in [0.25, 0.3) is 0 Å². The summed E-state index contributed by atoms with van der Waals surface area (Å²) in [5, 5.41) is 10.6. The number of esters is 4. The zero-order chi connectivity index (χ0) is 71.2.